The molecule has 0 bridgehead atoms. The third kappa shape index (κ3) is 6.70. The highest BCUT2D eigenvalue weighted by Gasteiger charge is 2.22. The largest absolute Gasteiger partial charge is 0.394 e. The smallest absolute Gasteiger partial charge is 0.244 e. The van der Waals surface area contributed by atoms with Crippen molar-refractivity contribution in [3.05, 3.63) is 47.4 Å². The Morgan fingerprint density at radius 2 is 1.74 bits per heavy atom. The second-order valence-corrected chi connectivity index (χ2v) is 9.75. The Hall–Kier alpha value is -2.08. The van der Waals surface area contributed by atoms with E-state index in [9.17, 15) is 23.7 Å². The SMILES string of the molecule is CC(C)c1nc(N(C)S(C)(O)O)nc(-c2ccc(F)cc2)c1C=C[C@@H](O)C[C@@H](O)CO. The molecule has 5 N–H and O–H groups in total. The first-order valence-corrected chi connectivity index (χ1v) is 11.6. The van der Waals surface area contributed by atoms with Crippen LogP contribution >= 0.6 is 10.8 Å². The van der Waals surface area contributed by atoms with Crippen LogP contribution in [0.5, 0.6) is 0 Å². The van der Waals surface area contributed by atoms with E-state index in [-0.39, 0.29) is 18.3 Å². The highest BCUT2D eigenvalue weighted by Crippen LogP contribution is 2.41. The van der Waals surface area contributed by atoms with Gasteiger partial charge in [-0.25, -0.2) is 18.7 Å². The van der Waals surface area contributed by atoms with Gasteiger partial charge in [-0.3, -0.25) is 9.11 Å². The minimum atomic E-state index is -3.12. The number of aromatic nitrogens is 2. The maximum atomic E-state index is 13.5. The lowest BCUT2D eigenvalue weighted by Gasteiger charge is -2.37. The summed E-state index contributed by atoms with van der Waals surface area (Å²) < 4.78 is 34.8. The summed E-state index contributed by atoms with van der Waals surface area (Å²) in [6, 6.07) is 5.70. The van der Waals surface area contributed by atoms with E-state index >= 15 is 0 Å². The molecule has 31 heavy (non-hydrogen) atoms. The minimum absolute atomic E-state index is 0.0473. The van der Waals surface area contributed by atoms with Gasteiger partial charge >= 0.3 is 0 Å². The van der Waals surface area contributed by atoms with E-state index in [1.165, 1.54) is 35.8 Å². The van der Waals surface area contributed by atoms with Crippen LogP contribution in [0, 0.1) is 5.82 Å². The fourth-order valence-corrected chi connectivity index (χ4v) is 3.23. The van der Waals surface area contributed by atoms with Gasteiger partial charge < -0.3 is 15.3 Å². The van der Waals surface area contributed by atoms with Crippen LogP contribution in [-0.4, -0.2) is 66.5 Å². The molecule has 0 saturated heterocycles. The molecule has 0 spiro atoms. The summed E-state index contributed by atoms with van der Waals surface area (Å²) in [7, 11) is -1.65. The molecule has 0 aliphatic carbocycles. The zero-order valence-electron chi connectivity index (χ0n) is 18.0. The molecule has 172 valence electrons. The molecule has 0 fully saturated rings. The van der Waals surface area contributed by atoms with Gasteiger partial charge in [-0.15, -0.1) is 10.8 Å². The first kappa shape index (κ1) is 25.2. The number of anilines is 1. The fourth-order valence-electron chi connectivity index (χ4n) is 2.84. The Morgan fingerprint density at radius 1 is 1.13 bits per heavy atom. The maximum Gasteiger partial charge on any atom is 0.244 e. The van der Waals surface area contributed by atoms with Gasteiger partial charge in [0.05, 0.1) is 30.2 Å². The first-order valence-electron chi connectivity index (χ1n) is 9.74. The average molecular weight is 456 g/mol. The van der Waals surface area contributed by atoms with Gasteiger partial charge in [0.15, 0.2) is 0 Å². The molecule has 0 aliphatic heterocycles. The van der Waals surface area contributed by atoms with Gasteiger partial charge in [0.25, 0.3) is 0 Å². The van der Waals surface area contributed by atoms with Crippen LogP contribution in [0.2, 0.25) is 0 Å². The molecule has 0 aliphatic rings. The quantitative estimate of drug-likeness (QED) is 0.390. The Morgan fingerprint density at radius 3 is 2.26 bits per heavy atom. The van der Waals surface area contributed by atoms with Crippen LogP contribution in [0.4, 0.5) is 10.3 Å². The molecule has 0 saturated carbocycles. The van der Waals surface area contributed by atoms with Gasteiger partial charge in [0, 0.05) is 30.9 Å². The second-order valence-electron chi connectivity index (χ2n) is 7.62. The zero-order valence-corrected chi connectivity index (χ0v) is 18.8. The van der Waals surface area contributed by atoms with Crippen molar-refractivity contribution in [3.8, 4) is 11.3 Å². The molecule has 2 aromatic rings. The zero-order chi connectivity index (χ0) is 23.3. The van der Waals surface area contributed by atoms with Crippen LogP contribution < -0.4 is 4.31 Å². The lowest BCUT2D eigenvalue weighted by atomic mass is 9.97. The molecular formula is C21H30FN3O5S. The molecule has 2 rings (SSSR count). The van der Waals surface area contributed by atoms with E-state index in [2.05, 4.69) is 9.97 Å². The number of nitrogens with zero attached hydrogens (tertiary/aromatic N) is 3. The third-order valence-corrected chi connectivity index (χ3v) is 5.84. The van der Waals surface area contributed by atoms with E-state index in [0.717, 1.165) is 0 Å². The van der Waals surface area contributed by atoms with Crippen LogP contribution in [0.15, 0.2) is 30.3 Å². The molecule has 0 radical (unpaired) electrons. The van der Waals surface area contributed by atoms with E-state index in [1.807, 2.05) is 13.8 Å². The summed E-state index contributed by atoms with van der Waals surface area (Å²) in [5.41, 5.74) is 2.17. The molecule has 1 heterocycles. The van der Waals surface area contributed by atoms with Crippen LogP contribution in [-0.2, 0) is 0 Å². The van der Waals surface area contributed by atoms with E-state index in [1.54, 1.807) is 18.2 Å². The number of hydrogen-bond acceptors (Lipinski definition) is 8. The summed E-state index contributed by atoms with van der Waals surface area (Å²) in [6.07, 6.45) is 2.23. The number of hydrogen-bond donors (Lipinski definition) is 5. The minimum Gasteiger partial charge on any atom is -0.394 e. The standard InChI is InChI=1S/C21H30FN3O5S/c1-13(2)19-18(10-9-16(27)11-17(28)12-26)20(14-5-7-15(22)8-6-14)24-21(23-19)25(3)31(4,29)30/h5-10,13,16-17,26-30H,11-12H2,1-4H3/t16-,17-/m1/s1. The number of rotatable bonds is 9. The van der Waals surface area contributed by atoms with Crippen molar-refractivity contribution in [2.24, 2.45) is 0 Å². The summed E-state index contributed by atoms with van der Waals surface area (Å²) in [5, 5.41) is 28.7. The summed E-state index contributed by atoms with van der Waals surface area (Å²) in [4.78, 5) is 9.02. The van der Waals surface area contributed by atoms with Crippen molar-refractivity contribution in [3.63, 3.8) is 0 Å². The van der Waals surface area contributed by atoms with Crippen molar-refractivity contribution in [2.45, 2.75) is 38.4 Å². The number of benzene rings is 1. The van der Waals surface area contributed by atoms with Crippen molar-refractivity contribution in [1.82, 2.24) is 9.97 Å². The topological polar surface area (TPSA) is 130 Å². The van der Waals surface area contributed by atoms with Crippen molar-refractivity contribution in [1.29, 1.82) is 0 Å². The second kappa shape index (κ2) is 10.5. The normalized spacial score (nSPS) is 14.8. The molecule has 2 atom stereocenters. The van der Waals surface area contributed by atoms with Gasteiger partial charge in [0.1, 0.15) is 5.82 Å². The molecule has 1 aromatic heterocycles. The Kier molecular flexibility index (Phi) is 8.52. The van der Waals surface area contributed by atoms with Crippen LogP contribution in [0.25, 0.3) is 17.3 Å². The lowest BCUT2D eigenvalue weighted by molar-refractivity contribution is 0.0559. The number of halogens is 1. The highest BCUT2D eigenvalue weighted by atomic mass is 32.3. The van der Waals surface area contributed by atoms with Gasteiger partial charge in [-0.2, -0.15) is 0 Å². The summed E-state index contributed by atoms with van der Waals surface area (Å²) >= 11 is 0. The predicted octanol–water partition coefficient (Wildman–Crippen LogP) is 3.26. The van der Waals surface area contributed by atoms with Gasteiger partial charge in [-0.05, 0) is 30.2 Å². The third-order valence-electron chi connectivity index (χ3n) is 4.64. The molecule has 0 amide bonds. The van der Waals surface area contributed by atoms with E-state index < -0.39 is 35.4 Å². The van der Waals surface area contributed by atoms with Crippen LogP contribution in [0.3, 0.4) is 0 Å². The molecular weight excluding hydrogens is 425 g/mol. The Balaban J connectivity index is 2.66. The van der Waals surface area contributed by atoms with Crippen molar-refractivity contribution >= 4 is 22.8 Å². The highest BCUT2D eigenvalue weighted by molar-refractivity contribution is 8.24. The van der Waals surface area contributed by atoms with Gasteiger partial charge in [0.2, 0.25) is 5.95 Å². The lowest BCUT2D eigenvalue weighted by Crippen LogP contribution is -2.24. The average Bonchev–Trinajstić information content (AvgIpc) is 2.70. The molecule has 1 aromatic carbocycles. The fraction of sp³-hybridized carbons (Fsp3) is 0.429. The number of aliphatic hydroxyl groups is 3. The maximum absolute atomic E-state index is 13.5. The van der Waals surface area contributed by atoms with Gasteiger partial charge in [-0.1, -0.05) is 26.0 Å². The monoisotopic (exact) mass is 455 g/mol. The molecule has 8 nitrogen and oxygen atoms in total. The molecule has 0 unspecified atom stereocenters. The predicted molar refractivity (Wildman–Crippen MR) is 121 cm³/mol. The summed E-state index contributed by atoms with van der Waals surface area (Å²) in [6.45, 7) is 3.36. The van der Waals surface area contributed by atoms with Crippen molar-refractivity contribution in [2.75, 3.05) is 24.2 Å². The first-order chi connectivity index (χ1) is 14.4. The molecule has 10 heteroatoms. The van der Waals surface area contributed by atoms with Crippen molar-refractivity contribution < 1.29 is 28.8 Å². The summed E-state index contributed by atoms with van der Waals surface area (Å²) in [5.74, 6) is -0.404. The number of aliphatic hydroxyl groups excluding tert-OH is 3. The van der Waals surface area contributed by atoms with E-state index in [0.29, 0.717) is 22.5 Å². The Labute approximate surface area is 183 Å². The van der Waals surface area contributed by atoms with E-state index in [4.69, 9.17) is 5.11 Å². The van der Waals surface area contributed by atoms with Crippen LogP contribution in [0.1, 0.15) is 37.4 Å². The Bertz CT molecular complexity index is 903.